The Kier molecular flexibility index (Phi) is 4.15. The van der Waals surface area contributed by atoms with Crippen molar-refractivity contribution < 1.29 is 9.53 Å². The third-order valence-electron chi connectivity index (χ3n) is 2.12. The summed E-state index contributed by atoms with van der Waals surface area (Å²) >= 11 is 5.99. The monoisotopic (exact) mass is 238 g/mol. The maximum atomic E-state index is 11.5. The first kappa shape index (κ1) is 12.3. The number of carbonyl (C=O) groups excluding carboxylic acids is 1. The Morgan fingerprint density at radius 1 is 1.62 bits per heavy atom. The van der Waals surface area contributed by atoms with Gasteiger partial charge in [-0.1, -0.05) is 11.6 Å². The van der Waals surface area contributed by atoms with Crippen molar-refractivity contribution in [2.24, 2.45) is 0 Å². The van der Waals surface area contributed by atoms with Gasteiger partial charge in [0.1, 0.15) is 12.2 Å². The molecule has 4 nitrogen and oxygen atoms in total. The van der Waals surface area contributed by atoms with Gasteiger partial charge in [-0.2, -0.15) is 5.26 Å². The Hall–Kier alpha value is -1.73. The summed E-state index contributed by atoms with van der Waals surface area (Å²) in [6.07, 6.45) is -0.168. The Morgan fingerprint density at radius 3 is 2.81 bits per heavy atom. The lowest BCUT2D eigenvalue weighted by Gasteiger charge is -2.17. The smallest absolute Gasteiger partial charge is 0.240 e. The molecule has 5 heteroatoms. The van der Waals surface area contributed by atoms with E-state index in [0.29, 0.717) is 16.5 Å². The van der Waals surface area contributed by atoms with E-state index in [1.54, 1.807) is 31.3 Å². The van der Waals surface area contributed by atoms with Gasteiger partial charge >= 0.3 is 0 Å². The zero-order valence-electron chi connectivity index (χ0n) is 9.03. The van der Waals surface area contributed by atoms with Crippen LogP contribution in [0.4, 0.5) is 5.69 Å². The summed E-state index contributed by atoms with van der Waals surface area (Å²) in [6.45, 7) is 0. The molecule has 0 aliphatic rings. The van der Waals surface area contributed by atoms with Crippen molar-refractivity contribution in [1.82, 2.24) is 0 Å². The number of hydrogen-bond donors (Lipinski definition) is 0. The lowest BCUT2D eigenvalue weighted by atomic mass is 10.2. The largest absolute Gasteiger partial charge is 0.497 e. The zero-order chi connectivity index (χ0) is 12.1. The highest BCUT2D eigenvalue weighted by Gasteiger charge is 2.13. The molecule has 1 rings (SSSR count). The standard InChI is InChI=1S/C11H11ClN2O2/c1-14(11(15)5-6-13)10-4-3-8(16-2)7-9(10)12/h3-4,7H,5H2,1-2H3. The van der Waals surface area contributed by atoms with Crippen LogP contribution in [0.15, 0.2) is 18.2 Å². The average Bonchev–Trinajstić information content (AvgIpc) is 2.28. The summed E-state index contributed by atoms with van der Waals surface area (Å²) in [4.78, 5) is 12.8. The molecule has 16 heavy (non-hydrogen) atoms. The number of benzene rings is 1. The summed E-state index contributed by atoms with van der Waals surface area (Å²) in [5.74, 6) is 0.324. The lowest BCUT2D eigenvalue weighted by Crippen LogP contribution is -2.25. The van der Waals surface area contributed by atoms with Crippen molar-refractivity contribution in [2.45, 2.75) is 6.42 Å². The van der Waals surface area contributed by atoms with Crippen molar-refractivity contribution in [3.8, 4) is 11.8 Å². The molecule has 0 radical (unpaired) electrons. The van der Waals surface area contributed by atoms with Gasteiger partial charge in [0.05, 0.1) is 23.9 Å². The fraction of sp³-hybridized carbons (Fsp3) is 0.273. The molecule has 0 atom stereocenters. The number of nitrogens with zero attached hydrogens (tertiary/aromatic N) is 2. The predicted octanol–water partition coefficient (Wildman–Crippen LogP) is 2.23. The maximum Gasteiger partial charge on any atom is 0.240 e. The van der Waals surface area contributed by atoms with Crippen molar-refractivity contribution in [2.75, 3.05) is 19.1 Å². The quantitative estimate of drug-likeness (QED) is 0.811. The van der Waals surface area contributed by atoms with E-state index in [2.05, 4.69) is 0 Å². The average molecular weight is 239 g/mol. The number of halogens is 1. The second-order valence-electron chi connectivity index (χ2n) is 3.10. The van der Waals surface area contributed by atoms with Crippen LogP contribution in [0.3, 0.4) is 0 Å². The highest BCUT2D eigenvalue weighted by molar-refractivity contribution is 6.34. The first-order valence-corrected chi connectivity index (χ1v) is 4.95. The topological polar surface area (TPSA) is 53.3 Å². The van der Waals surface area contributed by atoms with Crippen LogP contribution >= 0.6 is 11.6 Å². The van der Waals surface area contributed by atoms with Gasteiger partial charge < -0.3 is 9.64 Å². The molecule has 0 bridgehead atoms. The summed E-state index contributed by atoms with van der Waals surface area (Å²) < 4.78 is 5.00. The molecular formula is C11H11ClN2O2. The third kappa shape index (κ3) is 2.65. The Morgan fingerprint density at radius 2 is 2.31 bits per heavy atom. The number of hydrogen-bond acceptors (Lipinski definition) is 3. The van der Waals surface area contributed by atoms with Crippen LogP contribution < -0.4 is 9.64 Å². The van der Waals surface area contributed by atoms with Crippen LogP contribution in [0, 0.1) is 11.3 Å². The van der Waals surface area contributed by atoms with Gasteiger partial charge in [-0.3, -0.25) is 4.79 Å². The van der Waals surface area contributed by atoms with Gasteiger partial charge in [0.2, 0.25) is 5.91 Å². The number of nitriles is 1. The fourth-order valence-electron chi connectivity index (χ4n) is 1.21. The molecule has 1 amide bonds. The molecule has 0 saturated heterocycles. The maximum absolute atomic E-state index is 11.5. The van der Waals surface area contributed by atoms with E-state index in [1.165, 1.54) is 12.0 Å². The van der Waals surface area contributed by atoms with Crippen LogP contribution in [0.2, 0.25) is 5.02 Å². The summed E-state index contributed by atoms with van der Waals surface area (Å²) in [5, 5.41) is 8.84. The van der Waals surface area contributed by atoms with Gasteiger partial charge in [-0.15, -0.1) is 0 Å². The van der Waals surface area contributed by atoms with Gasteiger partial charge in [-0.05, 0) is 12.1 Å². The summed E-state index contributed by atoms with van der Waals surface area (Å²) in [7, 11) is 3.11. The van der Waals surface area contributed by atoms with Crippen LogP contribution in [0.25, 0.3) is 0 Å². The Labute approximate surface area is 99.0 Å². The fourth-order valence-corrected chi connectivity index (χ4v) is 1.50. The van der Waals surface area contributed by atoms with E-state index < -0.39 is 0 Å². The Balaban J connectivity index is 2.97. The minimum atomic E-state index is -0.297. The molecule has 0 heterocycles. The number of rotatable bonds is 3. The lowest BCUT2D eigenvalue weighted by molar-refractivity contribution is -0.117. The molecule has 1 aromatic carbocycles. The van der Waals surface area contributed by atoms with E-state index in [4.69, 9.17) is 21.6 Å². The van der Waals surface area contributed by atoms with Crippen LogP contribution in [-0.2, 0) is 4.79 Å². The van der Waals surface area contributed by atoms with E-state index in [0.717, 1.165) is 0 Å². The third-order valence-corrected chi connectivity index (χ3v) is 2.42. The molecule has 0 N–H and O–H groups in total. The van der Waals surface area contributed by atoms with Gasteiger partial charge in [0, 0.05) is 13.1 Å². The molecular weight excluding hydrogens is 228 g/mol. The number of carbonyl (C=O) groups is 1. The molecule has 1 aromatic rings. The summed E-state index contributed by atoms with van der Waals surface area (Å²) in [5.41, 5.74) is 0.558. The second-order valence-corrected chi connectivity index (χ2v) is 3.51. The van der Waals surface area contributed by atoms with Gasteiger partial charge in [0.15, 0.2) is 0 Å². The molecule has 0 saturated carbocycles. The normalized spacial score (nSPS) is 9.38. The second kappa shape index (κ2) is 5.38. The zero-order valence-corrected chi connectivity index (χ0v) is 9.78. The highest BCUT2D eigenvalue weighted by atomic mass is 35.5. The first-order valence-electron chi connectivity index (χ1n) is 4.57. The van der Waals surface area contributed by atoms with Gasteiger partial charge in [-0.25, -0.2) is 0 Å². The molecule has 84 valence electrons. The van der Waals surface area contributed by atoms with Crippen molar-refractivity contribution in [3.63, 3.8) is 0 Å². The number of ether oxygens (including phenoxy) is 1. The van der Waals surface area contributed by atoms with Crippen LogP contribution in [0.5, 0.6) is 5.75 Å². The SMILES string of the molecule is COc1ccc(N(C)C(=O)CC#N)c(Cl)c1. The minimum Gasteiger partial charge on any atom is -0.497 e. The minimum absolute atomic E-state index is 0.168. The molecule has 0 aromatic heterocycles. The van der Waals surface area contributed by atoms with E-state index >= 15 is 0 Å². The predicted molar refractivity (Wildman–Crippen MR) is 61.6 cm³/mol. The van der Waals surface area contributed by atoms with E-state index in [-0.39, 0.29) is 12.3 Å². The number of methoxy groups -OCH3 is 1. The van der Waals surface area contributed by atoms with E-state index in [9.17, 15) is 4.79 Å². The summed E-state index contributed by atoms with van der Waals surface area (Å²) in [6, 6.07) is 6.80. The first-order chi connectivity index (χ1) is 7.60. The molecule has 0 aliphatic heterocycles. The molecule has 0 fully saturated rings. The van der Waals surface area contributed by atoms with Crippen molar-refractivity contribution >= 4 is 23.2 Å². The highest BCUT2D eigenvalue weighted by Crippen LogP contribution is 2.29. The van der Waals surface area contributed by atoms with E-state index in [1.807, 2.05) is 0 Å². The molecule has 0 spiro atoms. The van der Waals surface area contributed by atoms with Crippen LogP contribution in [-0.4, -0.2) is 20.1 Å². The van der Waals surface area contributed by atoms with Crippen LogP contribution in [0.1, 0.15) is 6.42 Å². The van der Waals surface area contributed by atoms with Gasteiger partial charge in [0.25, 0.3) is 0 Å². The van der Waals surface area contributed by atoms with Crippen molar-refractivity contribution in [1.29, 1.82) is 5.26 Å². The molecule has 0 aliphatic carbocycles. The number of amides is 1. The number of anilines is 1. The Bertz CT molecular complexity index is 440. The van der Waals surface area contributed by atoms with Crippen molar-refractivity contribution in [3.05, 3.63) is 23.2 Å². The molecule has 0 unspecified atom stereocenters.